The standard InChI is InChI=1S/C36H39F5O8/c1-3-4-5-6-7-8-9-22-46-29-16-10-27(11-17-29)33(43)48-31-20-14-28(15-21-31)34(44)49-30-18-12-26(13-19-30)32(42)47-25(2)23-45-24-35(37,38)36(39,40)41/h10-21,25H,3-9,22-24H2,1-2H3/t25-/m1/s1. The molecule has 0 fully saturated rings. The molecule has 0 heterocycles. The van der Waals surface area contributed by atoms with Crippen LogP contribution in [0.1, 0.15) is 89.9 Å². The van der Waals surface area contributed by atoms with Crippen molar-refractivity contribution >= 4 is 17.9 Å². The second kappa shape index (κ2) is 18.9. The van der Waals surface area contributed by atoms with Gasteiger partial charge in [0.2, 0.25) is 0 Å². The predicted molar refractivity (Wildman–Crippen MR) is 169 cm³/mol. The third-order valence-electron chi connectivity index (χ3n) is 7.07. The first-order valence-electron chi connectivity index (χ1n) is 15.9. The maximum absolute atomic E-state index is 12.9. The predicted octanol–water partition coefficient (Wildman–Crippen LogP) is 9.01. The van der Waals surface area contributed by atoms with E-state index in [4.69, 9.17) is 18.9 Å². The van der Waals surface area contributed by atoms with Gasteiger partial charge in [-0.05, 0) is 86.1 Å². The molecule has 3 rings (SSSR count). The summed E-state index contributed by atoms with van der Waals surface area (Å²) in [5.74, 6) is -6.30. The van der Waals surface area contributed by atoms with Crippen LogP contribution in [0.15, 0.2) is 72.8 Å². The molecule has 0 aliphatic heterocycles. The Labute approximate surface area is 281 Å². The third-order valence-corrected chi connectivity index (χ3v) is 7.07. The van der Waals surface area contributed by atoms with Gasteiger partial charge in [-0.15, -0.1) is 0 Å². The molecule has 0 bridgehead atoms. The van der Waals surface area contributed by atoms with Crippen molar-refractivity contribution in [3.05, 3.63) is 89.5 Å². The van der Waals surface area contributed by atoms with E-state index < -0.39 is 49.3 Å². The number of hydrogen-bond acceptors (Lipinski definition) is 8. The van der Waals surface area contributed by atoms with Gasteiger partial charge in [-0.3, -0.25) is 0 Å². The number of halogens is 5. The Bertz CT molecular complexity index is 1470. The highest BCUT2D eigenvalue weighted by Crippen LogP contribution is 2.35. The number of carbonyl (C=O) groups excluding carboxylic acids is 3. The Kier molecular flexibility index (Phi) is 15.0. The van der Waals surface area contributed by atoms with Crippen LogP contribution in [0.3, 0.4) is 0 Å². The molecule has 0 N–H and O–H groups in total. The molecule has 3 aromatic rings. The summed E-state index contributed by atoms with van der Waals surface area (Å²) in [5, 5.41) is 0. The van der Waals surface area contributed by atoms with Crippen molar-refractivity contribution < 1.29 is 60.0 Å². The molecule has 0 saturated heterocycles. The van der Waals surface area contributed by atoms with E-state index in [9.17, 15) is 36.3 Å². The smallest absolute Gasteiger partial charge is 0.455 e. The maximum Gasteiger partial charge on any atom is 0.455 e. The molecule has 266 valence electrons. The molecular weight excluding hydrogens is 655 g/mol. The molecule has 0 aliphatic carbocycles. The van der Waals surface area contributed by atoms with E-state index in [1.54, 1.807) is 24.3 Å². The molecule has 0 aliphatic rings. The van der Waals surface area contributed by atoms with E-state index in [0.29, 0.717) is 17.9 Å². The summed E-state index contributed by atoms with van der Waals surface area (Å²) >= 11 is 0. The molecule has 0 saturated carbocycles. The fourth-order valence-corrected chi connectivity index (χ4v) is 4.31. The number of alkyl halides is 5. The lowest BCUT2D eigenvalue weighted by Gasteiger charge is -2.20. The van der Waals surface area contributed by atoms with Crippen molar-refractivity contribution in [2.75, 3.05) is 19.8 Å². The largest absolute Gasteiger partial charge is 0.494 e. The summed E-state index contributed by atoms with van der Waals surface area (Å²) in [6.07, 6.45) is 1.43. The normalized spacial score (nSPS) is 12.2. The van der Waals surface area contributed by atoms with Crippen LogP contribution in [0.2, 0.25) is 0 Å². The minimum atomic E-state index is -5.76. The fourth-order valence-electron chi connectivity index (χ4n) is 4.31. The maximum atomic E-state index is 12.9. The third kappa shape index (κ3) is 13.1. The number of ether oxygens (including phenoxy) is 5. The van der Waals surface area contributed by atoms with E-state index in [1.165, 1.54) is 87.6 Å². The van der Waals surface area contributed by atoms with E-state index in [-0.39, 0.29) is 22.6 Å². The molecule has 0 aromatic heterocycles. The first-order valence-corrected chi connectivity index (χ1v) is 15.9. The van der Waals surface area contributed by atoms with Crippen molar-refractivity contribution in [3.63, 3.8) is 0 Å². The minimum absolute atomic E-state index is 0.00380. The first-order chi connectivity index (χ1) is 23.3. The summed E-state index contributed by atoms with van der Waals surface area (Å²) in [5.41, 5.74) is 0.479. The van der Waals surface area contributed by atoms with E-state index in [2.05, 4.69) is 11.7 Å². The second-order valence-corrected chi connectivity index (χ2v) is 11.3. The Hall–Kier alpha value is -4.52. The van der Waals surface area contributed by atoms with Crippen molar-refractivity contribution in [3.8, 4) is 17.2 Å². The van der Waals surface area contributed by atoms with Gasteiger partial charge < -0.3 is 23.7 Å². The Balaban J connectivity index is 1.40. The zero-order valence-corrected chi connectivity index (χ0v) is 27.2. The van der Waals surface area contributed by atoms with Crippen LogP contribution in [-0.2, 0) is 9.47 Å². The molecule has 13 heteroatoms. The minimum Gasteiger partial charge on any atom is -0.494 e. The number of carbonyl (C=O) groups is 3. The Morgan fingerprint density at radius 2 is 1.04 bits per heavy atom. The summed E-state index contributed by atoms with van der Waals surface area (Å²) in [7, 11) is 0. The molecule has 49 heavy (non-hydrogen) atoms. The monoisotopic (exact) mass is 694 g/mol. The van der Waals surface area contributed by atoms with Gasteiger partial charge in [0.1, 0.15) is 30.0 Å². The molecule has 1 atom stereocenters. The lowest BCUT2D eigenvalue weighted by atomic mass is 10.1. The van der Waals surface area contributed by atoms with Crippen molar-refractivity contribution in [2.24, 2.45) is 0 Å². The van der Waals surface area contributed by atoms with Gasteiger partial charge in [0, 0.05) is 0 Å². The quantitative estimate of drug-likeness (QED) is 0.0531. The van der Waals surface area contributed by atoms with Crippen LogP contribution < -0.4 is 14.2 Å². The second-order valence-electron chi connectivity index (χ2n) is 11.3. The number of rotatable bonds is 19. The van der Waals surface area contributed by atoms with Gasteiger partial charge in [-0.2, -0.15) is 22.0 Å². The highest BCUT2D eigenvalue weighted by molar-refractivity contribution is 5.93. The van der Waals surface area contributed by atoms with E-state index in [1.807, 2.05) is 0 Å². The van der Waals surface area contributed by atoms with Gasteiger partial charge in [-0.25, -0.2) is 14.4 Å². The number of esters is 3. The zero-order valence-electron chi connectivity index (χ0n) is 27.2. The van der Waals surface area contributed by atoms with Gasteiger partial charge in [-0.1, -0.05) is 45.4 Å². The molecule has 0 radical (unpaired) electrons. The first kappa shape index (κ1) is 38.9. The zero-order chi connectivity index (χ0) is 35.9. The van der Waals surface area contributed by atoms with Crippen molar-refractivity contribution in [1.82, 2.24) is 0 Å². The van der Waals surface area contributed by atoms with Crippen LogP contribution >= 0.6 is 0 Å². The van der Waals surface area contributed by atoms with Crippen molar-refractivity contribution in [2.45, 2.75) is 77.0 Å². The van der Waals surface area contributed by atoms with Crippen molar-refractivity contribution in [1.29, 1.82) is 0 Å². The molecule has 0 amide bonds. The molecule has 0 spiro atoms. The van der Waals surface area contributed by atoms with E-state index >= 15 is 0 Å². The van der Waals surface area contributed by atoms with Crippen LogP contribution in [0.25, 0.3) is 0 Å². The molecular formula is C36H39F5O8. The number of benzene rings is 3. The molecule has 0 unspecified atom stereocenters. The van der Waals surface area contributed by atoms with Crippen LogP contribution in [0, 0.1) is 0 Å². The lowest BCUT2D eigenvalue weighted by Crippen LogP contribution is -2.41. The van der Waals surface area contributed by atoms with Gasteiger partial charge in [0.25, 0.3) is 0 Å². The average molecular weight is 695 g/mol. The van der Waals surface area contributed by atoms with Crippen LogP contribution in [0.5, 0.6) is 17.2 Å². The number of unbranched alkanes of at least 4 members (excludes halogenated alkanes) is 6. The van der Waals surface area contributed by atoms with Crippen LogP contribution in [-0.4, -0.2) is 55.9 Å². The lowest BCUT2D eigenvalue weighted by molar-refractivity contribution is -0.297. The Morgan fingerprint density at radius 1 is 0.612 bits per heavy atom. The topological polar surface area (TPSA) is 97.4 Å². The number of hydrogen-bond donors (Lipinski definition) is 0. The highest BCUT2D eigenvalue weighted by atomic mass is 19.4. The van der Waals surface area contributed by atoms with Crippen LogP contribution in [0.4, 0.5) is 22.0 Å². The summed E-state index contributed by atoms with van der Waals surface area (Å²) < 4.78 is 88.3. The van der Waals surface area contributed by atoms with E-state index in [0.717, 1.165) is 12.8 Å². The summed E-state index contributed by atoms with van der Waals surface area (Å²) in [6, 6.07) is 17.5. The van der Waals surface area contributed by atoms with Gasteiger partial charge in [0.15, 0.2) is 0 Å². The Morgan fingerprint density at radius 3 is 1.51 bits per heavy atom. The fraction of sp³-hybridized carbons (Fsp3) is 0.417. The highest BCUT2D eigenvalue weighted by Gasteiger charge is 2.57. The summed E-state index contributed by atoms with van der Waals surface area (Å²) in [4.78, 5) is 37.5. The summed E-state index contributed by atoms with van der Waals surface area (Å²) in [6.45, 7) is 1.47. The SMILES string of the molecule is CCCCCCCCCOc1ccc(C(=O)Oc2ccc(C(=O)Oc3ccc(C(=O)O[C@H](C)COCC(F)(F)C(F)(F)F)cc3)cc2)cc1. The molecule has 3 aromatic carbocycles. The molecule has 8 nitrogen and oxygen atoms in total. The van der Waals surface area contributed by atoms with Gasteiger partial charge >= 0.3 is 30.0 Å². The van der Waals surface area contributed by atoms with Gasteiger partial charge in [0.05, 0.1) is 29.9 Å². The average Bonchev–Trinajstić information content (AvgIpc) is 3.06.